The van der Waals surface area contributed by atoms with Gasteiger partial charge >= 0.3 is 5.97 Å². The van der Waals surface area contributed by atoms with Crippen molar-refractivity contribution in [3.63, 3.8) is 0 Å². The summed E-state index contributed by atoms with van der Waals surface area (Å²) in [6.45, 7) is 5.20. The fourth-order valence-electron chi connectivity index (χ4n) is 5.11. The van der Waals surface area contributed by atoms with Crippen LogP contribution in [0.1, 0.15) is 30.0 Å². The number of fused-ring (bicyclic) bond motifs is 1. The number of carbonyl (C=O) groups excluding carboxylic acids is 1. The Morgan fingerprint density at radius 1 is 0.971 bits per heavy atom. The van der Waals surface area contributed by atoms with Crippen molar-refractivity contribution in [2.75, 3.05) is 45.8 Å². The summed E-state index contributed by atoms with van der Waals surface area (Å²) >= 11 is 0. The van der Waals surface area contributed by atoms with Gasteiger partial charge in [0.2, 0.25) is 5.91 Å². The Labute approximate surface area is 205 Å². The van der Waals surface area contributed by atoms with Gasteiger partial charge in [-0.1, -0.05) is 30.3 Å². The predicted octanol–water partition coefficient (Wildman–Crippen LogP) is 3.11. The highest BCUT2D eigenvalue weighted by Gasteiger charge is 2.33. The summed E-state index contributed by atoms with van der Waals surface area (Å²) in [7, 11) is 0. The van der Waals surface area contributed by atoms with Crippen molar-refractivity contribution in [1.29, 1.82) is 0 Å². The molecule has 5 rings (SSSR count). The molecule has 8 nitrogen and oxygen atoms in total. The first kappa shape index (κ1) is 23.4. The zero-order valence-electron chi connectivity index (χ0n) is 19.9. The lowest BCUT2D eigenvalue weighted by molar-refractivity contribution is -0.145. The van der Waals surface area contributed by atoms with E-state index in [2.05, 4.69) is 9.88 Å². The van der Waals surface area contributed by atoms with Gasteiger partial charge in [-0.15, -0.1) is 0 Å². The maximum absolute atomic E-state index is 12.5. The highest BCUT2D eigenvalue weighted by molar-refractivity contribution is 5.90. The van der Waals surface area contributed by atoms with Gasteiger partial charge in [0.25, 0.3) is 0 Å². The third-order valence-corrected chi connectivity index (χ3v) is 7.05. The van der Waals surface area contributed by atoms with Crippen LogP contribution in [-0.4, -0.2) is 82.5 Å². The molecule has 0 radical (unpaired) electrons. The minimum absolute atomic E-state index is 0.188. The Bertz CT molecular complexity index is 1160. The first-order chi connectivity index (χ1) is 17.1. The molecule has 2 N–H and O–H groups in total. The van der Waals surface area contributed by atoms with Crippen LogP contribution in [0.2, 0.25) is 0 Å². The highest BCUT2D eigenvalue weighted by atomic mass is 16.5. The molecule has 2 aliphatic rings. The predicted molar refractivity (Wildman–Crippen MR) is 133 cm³/mol. The molecular weight excluding hydrogens is 444 g/mol. The van der Waals surface area contributed by atoms with E-state index in [1.54, 1.807) is 6.20 Å². The SMILES string of the molecule is O=C(O)C(c1c[nH]c2cc(OCc3ccccc3)ccc12)N1CCN(CC(=O)N2CCCC2)CC1. The summed E-state index contributed by atoms with van der Waals surface area (Å²) in [5, 5.41) is 11.0. The van der Waals surface area contributed by atoms with Crippen molar-refractivity contribution in [3.05, 3.63) is 65.9 Å². The number of amides is 1. The number of benzene rings is 2. The van der Waals surface area contributed by atoms with Crippen LogP contribution in [0, 0.1) is 0 Å². The third-order valence-electron chi connectivity index (χ3n) is 7.05. The lowest BCUT2D eigenvalue weighted by Crippen LogP contribution is -2.51. The molecule has 0 aliphatic carbocycles. The van der Waals surface area contributed by atoms with Crippen molar-refractivity contribution in [2.45, 2.75) is 25.5 Å². The topological polar surface area (TPSA) is 89.1 Å². The summed E-state index contributed by atoms with van der Waals surface area (Å²) in [4.78, 5) is 34.2. The zero-order valence-corrected chi connectivity index (χ0v) is 19.9. The van der Waals surface area contributed by atoms with E-state index >= 15 is 0 Å². The minimum atomic E-state index is -0.864. The van der Waals surface area contributed by atoms with Crippen LogP contribution in [0.3, 0.4) is 0 Å². The maximum Gasteiger partial charge on any atom is 0.325 e. The third kappa shape index (κ3) is 5.33. The van der Waals surface area contributed by atoms with Gasteiger partial charge in [-0.05, 0) is 30.5 Å². The Balaban J connectivity index is 1.24. The van der Waals surface area contributed by atoms with Gasteiger partial charge < -0.3 is 19.7 Å². The summed E-state index contributed by atoms with van der Waals surface area (Å²) in [6, 6.07) is 15.0. The Kier molecular flexibility index (Phi) is 7.01. The van der Waals surface area contributed by atoms with Gasteiger partial charge in [0.15, 0.2) is 0 Å². The van der Waals surface area contributed by atoms with E-state index < -0.39 is 12.0 Å². The van der Waals surface area contributed by atoms with E-state index in [-0.39, 0.29) is 5.91 Å². The molecule has 3 heterocycles. The Morgan fingerprint density at radius 2 is 1.71 bits per heavy atom. The molecule has 0 saturated carbocycles. The summed E-state index contributed by atoms with van der Waals surface area (Å²) in [6.07, 6.45) is 3.98. The molecule has 1 atom stereocenters. The fourth-order valence-corrected chi connectivity index (χ4v) is 5.11. The molecule has 2 saturated heterocycles. The average Bonchev–Trinajstić information content (AvgIpc) is 3.55. The van der Waals surface area contributed by atoms with Gasteiger partial charge in [0, 0.05) is 68.0 Å². The van der Waals surface area contributed by atoms with Gasteiger partial charge in [-0.3, -0.25) is 19.4 Å². The number of hydrogen-bond acceptors (Lipinski definition) is 5. The van der Waals surface area contributed by atoms with Crippen molar-refractivity contribution >= 4 is 22.8 Å². The molecule has 2 fully saturated rings. The number of carboxylic acid groups (broad SMARTS) is 1. The number of H-pyrrole nitrogens is 1. The average molecular weight is 477 g/mol. The number of likely N-dealkylation sites (tertiary alicyclic amines) is 1. The number of nitrogens with zero attached hydrogens (tertiary/aromatic N) is 3. The first-order valence-electron chi connectivity index (χ1n) is 12.3. The number of nitrogens with one attached hydrogen (secondary N) is 1. The van der Waals surface area contributed by atoms with Crippen LogP contribution < -0.4 is 4.74 Å². The number of piperazine rings is 1. The van der Waals surface area contributed by atoms with Crippen LogP contribution in [-0.2, 0) is 16.2 Å². The molecule has 2 aromatic carbocycles. The second-order valence-electron chi connectivity index (χ2n) is 9.37. The van der Waals surface area contributed by atoms with E-state index in [0.29, 0.717) is 39.3 Å². The molecule has 2 aliphatic heterocycles. The molecule has 0 spiro atoms. The van der Waals surface area contributed by atoms with Crippen molar-refractivity contribution in [1.82, 2.24) is 19.7 Å². The molecule has 1 aromatic heterocycles. The van der Waals surface area contributed by atoms with Gasteiger partial charge in [0.05, 0.1) is 6.54 Å². The van der Waals surface area contributed by atoms with E-state index in [1.807, 2.05) is 58.3 Å². The Morgan fingerprint density at radius 3 is 2.43 bits per heavy atom. The van der Waals surface area contributed by atoms with E-state index in [4.69, 9.17) is 4.74 Å². The molecule has 3 aromatic rings. The zero-order chi connectivity index (χ0) is 24.2. The fraction of sp³-hybridized carbons (Fsp3) is 0.407. The lowest BCUT2D eigenvalue weighted by Gasteiger charge is -2.37. The number of rotatable bonds is 8. The number of hydrogen-bond donors (Lipinski definition) is 2. The molecule has 0 bridgehead atoms. The first-order valence-corrected chi connectivity index (χ1v) is 12.3. The van der Waals surface area contributed by atoms with Gasteiger partial charge in [-0.25, -0.2) is 0 Å². The standard InChI is InChI=1S/C27H32N4O4/c32-25(30-10-4-5-11-30)18-29-12-14-31(15-13-29)26(27(33)34)23-17-28-24-16-21(8-9-22(23)24)35-19-20-6-2-1-3-7-20/h1-3,6-9,16-17,26,28H,4-5,10-15,18-19H2,(H,33,34). The molecular formula is C27H32N4O4. The van der Waals surface area contributed by atoms with Crippen molar-refractivity contribution < 1.29 is 19.4 Å². The minimum Gasteiger partial charge on any atom is -0.489 e. The monoisotopic (exact) mass is 476 g/mol. The quantitative estimate of drug-likeness (QED) is 0.519. The second-order valence-corrected chi connectivity index (χ2v) is 9.37. The molecule has 1 amide bonds. The van der Waals surface area contributed by atoms with Crippen molar-refractivity contribution in [3.8, 4) is 5.75 Å². The summed E-state index contributed by atoms with van der Waals surface area (Å²) < 4.78 is 5.93. The lowest BCUT2D eigenvalue weighted by atomic mass is 10.0. The summed E-state index contributed by atoms with van der Waals surface area (Å²) in [5.74, 6) is 0.0578. The van der Waals surface area contributed by atoms with Crippen molar-refractivity contribution in [2.24, 2.45) is 0 Å². The highest BCUT2D eigenvalue weighted by Crippen LogP contribution is 2.31. The van der Waals surface area contributed by atoms with Crippen LogP contribution >= 0.6 is 0 Å². The van der Waals surface area contributed by atoms with E-state index in [9.17, 15) is 14.7 Å². The number of aromatic amines is 1. The van der Waals surface area contributed by atoms with E-state index in [0.717, 1.165) is 53.7 Å². The summed E-state index contributed by atoms with van der Waals surface area (Å²) in [5.41, 5.74) is 2.70. The number of ether oxygens (including phenoxy) is 1. The van der Waals surface area contributed by atoms with Crippen LogP contribution in [0.5, 0.6) is 5.75 Å². The number of aromatic nitrogens is 1. The van der Waals surface area contributed by atoms with Gasteiger partial charge in [0.1, 0.15) is 18.4 Å². The Hall–Kier alpha value is -3.36. The smallest absolute Gasteiger partial charge is 0.325 e. The molecule has 35 heavy (non-hydrogen) atoms. The van der Waals surface area contributed by atoms with Crippen LogP contribution in [0.15, 0.2) is 54.7 Å². The normalized spacial score (nSPS) is 18.1. The van der Waals surface area contributed by atoms with Gasteiger partial charge in [-0.2, -0.15) is 0 Å². The molecule has 1 unspecified atom stereocenters. The maximum atomic E-state index is 12.5. The second kappa shape index (κ2) is 10.5. The molecule has 8 heteroatoms. The number of carbonyl (C=O) groups is 2. The largest absolute Gasteiger partial charge is 0.489 e. The van der Waals surface area contributed by atoms with E-state index in [1.165, 1.54) is 0 Å². The number of carboxylic acids is 1. The van der Waals surface area contributed by atoms with Crippen LogP contribution in [0.4, 0.5) is 0 Å². The number of aliphatic carboxylic acids is 1. The van der Waals surface area contributed by atoms with Crippen LogP contribution in [0.25, 0.3) is 10.9 Å². The molecule has 184 valence electrons.